The number of unbranched alkanes of at least 4 members (excludes halogenated alkanes) is 2. The highest BCUT2D eigenvalue weighted by atomic mass is 16.7. The lowest BCUT2D eigenvalue weighted by Gasteiger charge is -2.07. The first kappa shape index (κ1) is 16.0. The molecular weight excluding hydrogens is 256 g/mol. The van der Waals surface area contributed by atoms with Gasteiger partial charge in [0.1, 0.15) is 0 Å². The summed E-state index contributed by atoms with van der Waals surface area (Å²) in [6.07, 6.45) is 3.37. The second-order valence-electron chi connectivity index (χ2n) is 4.46. The van der Waals surface area contributed by atoms with Gasteiger partial charge >= 0.3 is 6.16 Å². The van der Waals surface area contributed by atoms with Gasteiger partial charge in [-0.2, -0.15) is 0 Å². The molecule has 0 unspecified atom stereocenters. The summed E-state index contributed by atoms with van der Waals surface area (Å²) in [4.78, 5) is 23.5. The van der Waals surface area contributed by atoms with Crippen LogP contribution >= 0.6 is 0 Å². The predicted octanol–water partition coefficient (Wildman–Crippen LogP) is 4.03. The molecule has 0 fully saturated rings. The van der Waals surface area contributed by atoms with E-state index >= 15 is 0 Å². The molecule has 0 saturated heterocycles. The summed E-state index contributed by atoms with van der Waals surface area (Å²) in [7, 11) is 1.21. The number of methoxy groups -OCH3 is 1. The molecule has 0 N–H and O–H groups in total. The zero-order valence-corrected chi connectivity index (χ0v) is 12.1. The number of benzene rings is 1. The van der Waals surface area contributed by atoms with Crippen molar-refractivity contribution in [3.63, 3.8) is 0 Å². The monoisotopic (exact) mass is 276 g/mol. The van der Waals surface area contributed by atoms with E-state index in [4.69, 9.17) is 4.74 Å². The molecule has 0 spiro atoms. The van der Waals surface area contributed by atoms with E-state index in [0.717, 1.165) is 18.4 Å². The maximum Gasteiger partial charge on any atom is 0.513 e. The lowest BCUT2D eigenvalue weighted by molar-refractivity contribution is 0.0791. The molecule has 1 aromatic rings. The minimum absolute atomic E-state index is 0.0224. The third kappa shape index (κ3) is 4.88. The Balaban J connectivity index is 2.90. The fourth-order valence-corrected chi connectivity index (χ4v) is 1.60. The molecule has 0 saturated carbocycles. The maximum atomic E-state index is 12.3. The first-order valence-corrected chi connectivity index (χ1v) is 6.65. The Bertz CT molecular complexity index is 486. The number of carbonyl (C=O) groups excluding carboxylic acids is 2. The van der Waals surface area contributed by atoms with Crippen molar-refractivity contribution in [2.45, 2.75) is 33.1 Å². The number of hydrogen-bond donors (Lipinski definition) is 0. The highest BCUT2D eigenvalue weighted by Gasteiger charge is 2.17. The third-order valence-corrected chi connectivity index (χ3v) is 2.78. The van der Waals surface area contributed by atoms with E-state index in [0.29, 0.717) is 12.0 Å². The Labute approximate surface area is 119 Å². The molecule has 0 aliphatic carbocycles. The van der Waals surface area contributed by atoms with Crippen LogP contribution in [-0.4, -0.2) is 19.0 Å². The molecule has 20 heavy (non-hydrogen) atoms. The van der Waals surface area contributed by atoms with Crippen molar-refractivity contribution in [3.8, 4) is 0 Å². The third-order valence-electron chi connectivity index (χ3n) is 2.78. The molecule has 0 aliphatic rings. The Hall–Kier alpha value is -2.10. The Morgan fingerprint density at radius 3 is 2.40 bits per heavy atom. The van der Waals surface area contributed by atoms with E-state index in [1.165, 1.54) is 7.11 Å². The van der Waals surface area contributed by atoms with E-state index in [1.54, 1.807) is 18.2 Å². The topological polar surface area (TPSA) is 52.6 Å². The normalized spacial score (nSPS) is 11.1. The van der Waals surface area contributed by atoms with Crippen molar-refractivity contribution in [2.75, 3.05) is 7.11 Å². The van der Waals surface area contributed by atoms with Crippen LogP contribution in [0.3, 0.4) is 0 Å². The zero-order chi connectivity index (χ0) is 15.0. The average Bonchev–Trinajstić information content (AvgIpc) is 2.46. The number of Topliss-reactive ketones (excluding diaryl/α,β-unsaturated/α-hetero) is 1. The largest absolute Gasteiger partial charge is 0.513 e. The van der Waals surface area contributed by atoms with Gasteiger partial charge in [-0.15, -0.1) is 0 Å². The second-order valence-corrected chi connectivity index (χ2v) is 4.46. The van der Waals surface area contributed by atoms with Crippen molar-refractivity contribution >= 4 is 11.9 Å². The quantitative estimate of drug-likeness (QED) is 0.259. The molecule has 0 heterocycles. The van der Waals surface area contributed by atoms with Crippen molar-refractivity contribution in [1.29, 1.82) is 0 Å². The minimum Gasteiger partial charge on any atom is -0.437 e. The van der Waals surface area contributed by atoms with Crippen molar-refractivity contribution in [2.24, 2.45) is 0 Å². The van der Waals surface area contributed by atoms with Crippen LogP contribution in [0, 0.1) is 6.92 Å². The Morgan fingerprint density at radius 2 is 1.85 bits per heavy atom. The first-order valence-electron chi connectivity index (χ1n) is 6.65. The van der Waals surface area contributed by atoms with Crippen molar-refractivity contribution in [3.05, 3.63) is 47.2 Å². The molecular formula is C16H20O4. The first-order chi connectivity index (χ1) is 9.58. The molecule has 4 nitrogen and oxygen atoms in total. The number of rotatable bonds is 6. The molecule has 1 rings (SSSR count). The molecule has 4 heteroatoms. The van der Waals surface area contributed by atoms with Gasteiger partial charge in [0.15, 0.2) is 5.76 Å². The average molecular weight is 276 g/mol. The summed E-state index contributed by atoms with van der Waals surface area (Å²) in [5, 5.41) is 0. The molecule has 0 aliphatic heterocycles. The minimum atomic E-state index is -0.881. The highest BCUT2D eigenvalue weighted by Crippen LogP contribution is 2.13. The van der Waals surface area contributed by atoms with Gasteiger partial charge in [0, 0.05) is 5.56 Å². The van der Waals surface area contributed by atoms with Gasteiger partial charge in [-0.05, 0) is 25.8 Å². The van der Waals surface area contributed by atoms with Crippen LogP contribution in [0.2, 0.25) is 0 Å². The number of ketones is 1. The molecule has 0 aromatic heterocycles. The van der Waals surface area contributed by atoms with Gasteiger partial charge in [0.2, 0.25) is 5.78 Å². The Kier molecular flexibility index (Phi) is 6.50. The van der Waals surface area contributed by atoms with Crippen molar-refractivity contribution in [1.82, 2.24) is 0 Å². The van der Waals surface area contributed by atoms with E-state index < -0.39 is 6.16 Å². The molecule has 0 atom stereocenters. The van der Waals surface area contributed by atoms with Crippen LogP contribution in [0.15, 0.2) is 36.1 Å². The smallest absolute Gasteiger partial charge is 0.437 e. The summed E-state index contributed by atoms with van der Waals surface area (Å²) in [6, 6.07) is 7.11. The van der Waals surface area contributed by atoms with E-state index in [-0.39, 0.29) is 11.5 Å². The van der Waals surface area contributed by atoms with Crippen LogP contribution in [0.1, 0.15) is 42.1 Å². The number of allylic oxidation sites excluding steroid dienone is 2. The predicted molar refractivity (Wildman–Crippen MR) is 76.6 cm³/mol. The summed E-state index contributed by atoms with van der Waals surface area (Å²) in [5.74, 6) is -0.291. The number of aryl methyl sites for hydroxylation is 1. The lowest BCUT2D eigenvalue weighted by atomic mass is 10.1. The number of hydrogen-bond acceptors (Lipinski definition) is 4. The fourth-order valence-electron chi connectivity index (χ4n) is 1.60. The van der Waals surface area contributed by atoms with Crippen molar-refractivity contribution < 1.29 is 19.1 Å². The van der Waals surface area contributed by atoms with Gasteiger partial charge in [-0.3, -0.25) is 4.79 Å². The zero-order valence-electron chi connectivity index (χ0n) is 12.1. The molecule has 1 aromatic carbocycles. The molecule has 0 radical (unpaired) electrons. The summed E-state index contributed by atoms with van der Waals surface area (Å²) in [5.41, 5.74) is 1.55. The van der Waals surface area contributed by atoms with Crippen LogP contribution in [0.4, 0.5) is 4.79 Å². The highest BCUT2D eigenvalue weighted by molar-refractivity contribution is 6.08. The Morgan fingerprint density at radius 1 is 1.20 bits per heavy atom. The number of ether oxygens (including phenoxy) is 2. The lowest BCUT2D eigenvalue weighted by Crippen LogP contribution is -2.12. The maximum absolute atomic E-state index is 12.3. The summed E-state index contributed by atoms with van der Waals surface area (Å²) in [6.45, 7) is 3.99. The molecule has 0 amide bonds. The van der Waals surface area contributed by atoms with Crippen LogP contribution in [0.25, 0.3) is 0 Å². The molecule has 108 valence electrons. The van der Waals surface area contributed by atoms with Gasteiger partial charge in [0.25, 0.3) is 0 Å². The van der Waals surface area contributed by atoms with Crippen LogP contribution in [-0.2, 0) is 9.47 Å². The van der Waals surface area contributed by atoms with Crippen LogP contribution < -0.4 is 0 Å². The van der Waals surface area contributed by atoms with Crippen LogP contribution in [0.5, 0.6) is 0 Å². The summed E-state index contributed by atoms with van der Waals surface area (Å²) < 4.78 is 9.38. The van der Waals surface area contributed by atoms with E-state index in [9.17, 15) is 9.59 Å². The SMILES string of the molecule is CCCC/C=C(/OC(=O)OC)C(=O)c1ccc(C)cc1. The number of carbonyl (C=O) groups is 2. The van der Waals surface area contributed by atoms with Gasteiger partial charge in [0.05, 0.1) is 7.11 Å². The fraction of sp³-hybridized carbons (Fsp3) is 0.375. The van der Waals surface area contributed by atoms with E-state index in [2.05, 4.69) is 11.7 Å². The standard InChI is InChI=1S/C16H20O4/c1-4-5-6-7-14(20-16(18)19-3)15(17)13-10-8-12(2)9-11-13/h7-11H,4-6H2,1-3H3/b14-7+. The van der Waals surface area contributed by atoms with E-state index in [1.807, 2.05) is 19.1 Å². The summed E-state index contributed by atoms with van der Waals surface area (Å²) >= 11 is 0. The molecule has 0 bridgehead atoms. The van der Waals surface area contributed by atoms with Gasteiger partial charge in [-0.25, -0.2) is 4.79 Å². The van der Waals surface area contributed by atoms with Gasteiger partial charge in [-0.1, -0.05) is 43.2 Å². The van der Waals surface area contributed by atoms with Gasteiger partial charge < -0.3 is 9.47 Å². The second kappa shape index (κ2) is 8.15.